The Morgan fingerprint density at radius 1 is 1.33 bits per heavy atom. The second-order valence-electron chi connectivity index (χ2n) is 4.51. The normalized spacial score (nSPS) is 19.3. The molecular formula is C14H16N2OS. The fourth-order valence-electron chi connectivity index (χ4n) is 2.48. The Labute approximate surface area is 111 Å². The second-order valence-corrected chi connectivity index (χ2v) is 5.54. The lowest BCUT2D eigenvalue weighted by Crippen LogP contribution is -2.41. The first-order chi connectivity index (χ1) is 8.88. The number of fused-ring (bicyclic) bond motifs is 1. The van der Waals surface area contributed by atoms with Crippen LogP contribution in [0.4, 0.5) is 0 Å². The maximum atomic E-state index is 5.73. The molecule has 0 amide bonds. The minimum atomic E-state index is 0.215. The number of benzene rings is 1. The summed E-state index contributed by atoms with van der Waals surface area (Å²) in [7, 11) is 0. The van der Waals surface area contributed by atoms with Gasteiger partial charge in [-0.2, -0.15) is 0 Å². The zero-order valence-electron chi connectivity index (χ0n) is 10.0. The van der Waals surface area contributed by atoms with Crippen molar-refractivity contribution in [3.63, 3.8) is 0 Å². The van der Waals surface area contributed by atoms with Crippen molar-refractivity contribution in [1.82, 2.24) is 5.43 Å². The summed E-state index contributed by atoms with van der Waals surface area (Å²) >= 11 is 1.77. The van der Waals surface area contributed by atoms with Gasteiger partial charge in [-0.25, -0.2) is 0 Å². The summed E-state index contributed by atoms with van der Waals surface area (Å²) in [5.41, 5.74) is 4.21. The standard InChI is InChI=1S/C14H16N2OS/c15-16-13(8-10-4-3-7-18-10)12-9-17-14-6-2-1-5-11(12)14/h1-7,12-13,16H,8-9,15H2. The molecular weight excluding hydrogens is 244 g/mol. The molecule has 0 aliphatic carbocycles. The van der Waals surface area contributed by atoms with Gasteiger partial charge in [0.15, 0.2) is 0 Å². The van der Waals surface area contributed by atoms with Gasteiger partial charge in [-0.05, 0) is 23.9 Å². The molecule has 0 fully saturated rings. The Morgan fingerprint density at radius 3 is 3.00 bits per heavy atom. The van der Waals surface area contributed by atoms with Gasteiger partial charge >= 0.3 is 0 Å². The van der Waals surface area contributed by atoms with E-state index in [1.165, 1.54) is 10.4 Å². The van der Waals surface area contributed by atoms with Crippen LogP contribution in [-0.4, -0.2) is 12.6 Å². The largest absolute Gasteiger partial charge is 0.493 e. The molecule has 2 aromatic rings. The van der Waals surface area contributed by atoms with Crippen LogP contribution in [0.2, 0.25) is 0 Å². The second kappa shape index (κ2) is 5.10. The number of hydrogen-bond donors (Lipinski definition) is 2. The van der Waals surface area contributed by atoms with Gasteiger partial charge in [0.05, 0.1) is 6.61 Å². The molecule has 2 unspecified atom stereocenters. The SMILES string of the molecule is NNC(Cc1cccs1)C1COc2ccccc21. The minimum Gasteiger partial charge on any atom is -0.493 e. The highest BCUT2D eigenvalue weighted by Crippen LogP contribution is 2.36. The van der Waals surface area contributed by atoms with Crippen molar-refractivity contribution < 1.29 is 4.74 Å². The maximum Gasteiger partial charge on any atom is 0.122 e. The van der Waals surface area contributed by atoms with E-state index in [4.69, 9.17) is 10.6 Å². The molecule has 18 heavy (non-hydrogen) atoms. The van der Waals surface area contributed by atoms with E-state index in [-0.39, 0.29) is 6.04 Å². The fraction of sp³-hybridized carbons (Fsp3) is 0.286. The first-order valence-electron chi connectivity index (χ1n) is 6.08. The summed E-state index contributed by atoms with van der Waals surface area (Å²) in [4.78, 5) is 1.35. The molecule has 1 aliphatic heterocycles. The smallest absolute Gasteiger partial charge is 0.122 e. The van der Waals surface area contributed by atoms with E-state index in [9.17, 15) is 0 Å². The summed E-state index contributed by atoms with van der Waals surface area (Å²) in [6.45, 7) is 0.708. The average molecular weight is 260 g/mol. The topological polar surface area (TPSA) is 47.3 Å². The van der Waals surface area contributed by atoms with Crippen molar-refractivity contribution in [2.45, 2.75) is 18.4 Å². The molecule has 1 aliphatic rings. The quantitative estimate of drug-likeness (QED) is 0.655. The maximum absolute atomic E-state index is 5.73. The van der Waals surface area contributed by atoms with Crippen LogP contribution < -0.4 is 16.0 Å². The first kappa shape index (κ1) is 11.7. The van der Waals surface area contributed by atoms with E-state index >= 15 is 0 Å². The van der Waals surface area contributed by atoms with E-state index in [1.807, 2.05) is 12.1 Å². The fourth-order valence-corrected chi connectivity index (χ4v) is 3.25. The molecule has 3 N–H and O–H groups in total. The minimum absolute atomic E-state index is 0.215. The van der Waals surface area contributed by atoms with Crippen LogP contribution in [0.5, 0.6) is 5.75 Å². The number of para-hydroxylation sites is 1. The van der Waals surface area contributed by atoms with E-state index in [0.29, 0.717) is 12.5 Å². The molecule has 1 aromatic carbocycles. The monoisotopic (exact) mass is 260 g/mol. The van der Waals surface area contributed by atoms with Crippen molar-refractivity contribution in [2.75, 3.05) is 6.61 Å². The van der Waals surface area contributed by atoms with Crippen molar-refractivity contribution in [2.24, 2.45) is 5.84 Å². The third-order valence-corrected chi connectivity index (χ3v) is 4.34. The van der Waals surface area contributed by atoms with Gasteiger partial charge in [0.25, 0.3) is 0 Å². The molecule has 0 spiro atoms. The van der Waals surface area contributed by atoms with Crippen molar-refractivity contribution in [1.29, 1.82) is 0 Å². The lowest BCUT2D eigenvalue weighted by atomic mass is 9.91. The highest BCUT2D eigenvalue weighted by atomic mass is 32.1. The van der Waals surface area contributed by atoms with E-state index < -0.39 is 0 Å². The molecule has 3 nitrogen and oxygen atoms in total. The molecule has 4 heteroatoms. The number of thiophene rings is 1. The lowest BCUT2D eigenvalue weighted by molar-refractivity contribution is 0.298. The van der Waals surface area contributed by atoms with Crippen LogP contribution in [0, 0.1) is 0 Å². The van der Waals surface area contributed by atoms with Crippen LogP contribution in [0.3, 0.4) is 0 Å². The third-order valence-electron chi connectivity index (χ3n) is 3.44. The molecule has 0 bridgehead atoms. The van der Waals surface area contributed by atoms with Gasteiger partial charge in [0.2, 0.25) is 0 Å². The van der Waals surface area contributed by atoms with E-state index in [2.05, 4.69) is 35.1 Å². The Bertz CT molecular complexity index is 512. The zero-order valence-corrected chi connectivity index (χ0v) is 10.8. The van der Waals surface area contributed by atoms with Crippen molar-refractivity contribution >= 4 is 11.3 Å². The van der Waals surface area contributed by atoms with Gasteiger partial charge in [-0.15, -0.1) is 11.3 Å². The molecule has 2 heterocycles. The predicted octanol–water partition coefficient (Wildman–Crippen LogP) is 2.30. The molecule has 0 saturated carbocycles. The van der Waals surface area contributed by atoms with Crippen LogP contribution in [0.15, 0.2) is 41.8 Å². The summed E-state index contributed by atoms with van der Waals surface area (Å²) < 4.78 is 5.72. The summed E-state index contributed by atoms with van der Waals surface area (Å²) in [6, 6.07) is 12.7. The van der Waals surface area contributed by atoms with E-state index in [0.717, 1.165) is 12.2 Å². The summed E-state index contributed by atoms with van der Waals surface area (Å²) in [6.07, 6.45) is 0.941. The predicted molar refractivity (Wildman–Crippen MR) is 73.8 cm³/mol. The molecule has 0 radical (unpaired) electrons. The number of rotatable bonds is 4. The van der Waals surface area contributed by atoms with Gasteiger partial charge < -0.3 is 4.74 Å². The Balaban J connectivity index is 1.81. The van der Waals surface area contributed by atoms with Gasteiger partial charge in [0, 0.05) is 22.4 Å². The average Bonchev–Trinajstić information content (AvgIpc) is 3.05. The van der Waals surface area contributed by atoms with Crippen molar-refractivity contribution in [3.8, 4) is 5.75 Å². The van der Waals surface area contributed by atoms with Gasteiger partial charge in [-0.3, -0.25) is 11.3 Å². The van der Waals surface area contributed by atoms with Crippen LogP contribution in [0.25, 0.3) is 0 Å². The van der Waals surface area contributed by atoms with E-state index in [1.54, 1.807) is 11.3 Å². The third kappa shape index (κ3) is 2.14. The molecule has 3 rings (SSSR count). The van der Waals surface area contributed by atoms with Crippen LogP contribution in [-0.2, 0) is 6.42 Å². The Kier molecular flexibility index (Phi) is 3.32. The summed E-state index contributed by atoms with van der Waals surface area (Å²) in [5, 5.41) is 2.10. The Morgan fingerprint density at radius 2 is 2.22 bits per heavy atom. The molecule has 0 saturated heterocycles. The number of hydrazine groups is 1. The van der Waals surface area contributed by atoms with Gasteiger partial charge in [0.1, 0.15) is 5.75 Å². The number of hydrogen-bond acceptors (Lipinski definition) is 4. The van der Waals surface area contributed by atoms with Crippen LogP contribution >= 0.6 is 11.3 Å². The highest BCUT2D eigenvalue weighted by Gasteiger charge is 2.30. The zero-order chi connectivity index (χ0) is 12.4. The molecule has 94 valence electrons. The lowest BCUT2D eigenvalue weighted by Gasteiger charge is -2.21. The highest BCUT2D eigenvalue weighted by molar-refractivity contribution is 7.09. The molecule has 2 atom stereocenters. The number of nitrogens with one attached hydrogen (secondary N) is 1. The summed E-state index contributed by atoms with van der Waals surface area (Å²) in [5.74, 6) is 7.05. The van der Waals surface area contributed by atoms with Crippen molar-refractivity contribution in [3.05, 3.63) is 52.2 Å². The number of ether oxygens (including phenoxy) is 1. The first-order valence-corrected chi connectivity index (χ1v) is 6.96. The van der Waals surface area contributed by atoms with Gasteiger partial charge in [-0.1, -0.05) is 24.3 Å². The number of nitrogens with two attached hydrogens (primary N) is 1. The van der Waals surface area contributed by atoms with Crippen LogP contribution in [0.1, 0.15) is 16.4 Å². The Hall–Kier alpha value is -1.36. The molecule has 1 aromatic heterocycles.